The van der Waals surface area contributed by atoms with E-state index in [0.717, 1.165) is 0 Å². The van der Waals surface area contributed by atoms with Crippen molar-refractivity contribution < 1.29 is 22.7 Å². The van der Waals surface area contributed by atoms with E-state index in [-0.39, 0.29) is 22.1 Å². The van der Waals surface area contributed by atoms with E-state index in [2.05, 4.69) is 4.72 Å². The van der Waals surface area contributed by atoms with Crippen molar-refractivity contribution in [3.8, 4) is 0 Å². The number of esters is 1. The first-order valence-corrected chi connectivity index (χ1v) is 9.87. The fourth-order valence-electron chi connectivity index (χ4n) is 3.40. The van der Waals surface area contributed by atoms with Gasteiger partial charge in [-0.3, -0.25) is 9.52 Å². The minimum absolute atomic E-state index is 0.0240. The molecule has 0 unspecified atom stereocenters. The Morgan fingerprint density at radius 3 is 2.54 bits per heavy atom. The van der Waals surface area contributed by atoms with Gasteiger partial charge in [0.2, 0.25) is 0 Å². The van der Waals surface area contributed by atoms with Crippen LogP contribution in [-0.4, -0.2) is 34.5 Å². The average Bonchev–Trinajstić information content (AvgIpc) is 2.94. The highest BCUT2D eigenvalue weighted by atomic mass is 32.2. The van der Waals surface area contributed by atoms with Crippen LogP contribution < -0.4 is 9.62 Å². The Kier molecular flexibility index (Phi) is 4.08. The molecule has 0 saturated carbocycles. The first-order chi connectivity index (χ1) is 13.3. The zero-order valence-electron chi connectivity index (χ0n) is 15.1. The number of rotatable bonds is 4. The van der Waals surface area contributed by atoms with Crippen LogP contribution in [-0.2, 0) is 14.8 Å². The number of anilines is 2. The predicted octanol–water partition coefficient (Wildman–Crippen LogP) is 3.02. The van der Waals surface area contributed by atoms with Crippen molar-refractivity contribution in [2.45, 2.75) is 4.90 Å². The van der Waals surface area contributed by atoms with Crippen molar-refractivity contribution in [2.24, 2.45) is 0 Å². The van der Waals surface area contributed by atoms with Gasteiger partial charge < -0.3 is 9.64 Å². The van der Waals surface area contributed by atoms with E-state index in [0.29, 0.717) is 22.0 Å². The van der Waals surface area contributed by atoms with Gasteiger partial charge in [-0.25, -0.2) is 13.2 Å². The monoisotopic (exact) mass is 396 g/mol. The lowest BCUT2D eigenvalue weighted by atomic mass is 10.1. The number of nitrogens with zero attached hydrogens (tertiary/aromatic N) is 1. The summed E-state index contributed by atoms with van der Waals surface area (Å²) in [7, 11) is -1.16. The summed E-state index contributed by atoms with van der Waals surface area (Å²) in [6.07, 6.45) is 0. The maximum absolute atomic E-state index is 13.1. The van der Waals surface area contributed by atoms with E-state index >= 15 is 0 Å². The highest BCUT2D eigenvalue weighted by Gasteiger charge is 2.30. The van der Waals surface area contributed by atoms with Gasteiger partial charge in [-0.2, -0.15) is 0 Å². The number of ether oxygens (including phenoxy) is 1. The molecule has 0 radical (unpaired) electrons. The molecule has 0 bridgehead atoms. The van der Waals surface area contributed by atoms with Gasteiger partial charge in [0.25, 0.3) is 15.9 Å². The molecule has 0 aromatic heterocycles. The van der Waals surface area contributed by atoms with Gasteiger partial charge in [0.1, 0.15) is 0 Å². The van der Waals surface area contributed by atoms with Crippen molar-refractivity contribution in [1.82, 2.24) is 0 Å². The Hall–Kier alpha value is -3.39. The normalized spacial score (nSPS) is 13.1. The second kappa shape index (κ2) is 6.35. The first-order valence-electron chi connectivity index (χ1n) is 8.39. The summed E-state index contributed by atoms with van der Waals surface area (Å²) in [5, 5.41) is 1.04. The molecule has 1 aliphatic rings. The standard InChI is InChI=1S/C20H16N2O5S/c1-22-16-10-11-17(13-7-5-8-14(18(13)16)19(22)23)28(25,26)21-15-9-4-3-6-12(15)20(24)27-2/h3-11,21H,1-2H3. The van der Waals surface area contributed by atoms with Gasteiger partial charge in [0.05, 0.1) is 28.9 Å². The molecule has 3 aromatic carbocycles. The largest absolute Gasteiger partial charge is 0.465 e. The van der Waals surface area contributed by atoms with Crippen molar-refractivity contribution in [1.29, 1.82) is 0 Å². The summed E-state index contributed by atoms with van der Waals surface area (Å²) in [4.78, 5) is 25.8. The number of sulfonamides is 1. The van der Waals surface area contributed by atoms with E-state index in [1.807, 2.05) is 0 Å². The number of para-hydroxylation sites is 1. The van der Waals surface area contributed by atoms with Crippen LogP contribution in [0.4, 0.5) is 11.4 Å². The van der Waals surface area contributed by atoms with E-state index in [4.69, 9.17) is 4.74 Å². The Morgan fingerprint density at radius 2 is 1.79 bits per heavy atom. The fraction of sp³-hybridized carbons (Fsp3) is 0.100. The van der Waals surface area contributed by atoms with Gasteiger partial charge in [0, 0.05) is 23.4 Å². The van der Waals surface area contributed by atoms with Gasteiger partial charge in [-0.05, 0) is 30.3 Å². The Bertz CT molecular complexity index is 1250. The number of hydrogen-bond acceptors (Lipinski definition) is 5. The van der Waals surface area contributed by atoms with Crippen LogP contribution in [0.5, 0.6) is 0 Å². The molecule has 142 valence electrons. The van der Waals surface area contributed by atoms with Gasteiger partial charge in [0.15, 0.2) is 0 Å². The van der Waals surface area contributed by atoms with Crippen molar-refractivity contribution >= 4 is 44.0 Å². The second-order valence-corrected chi connectivity index (χ2v) is 7.97. The molecule has 8 heteroatoms. The molecule has 0 atom stereocenters. The Morgan fingerprint density at radius 1 is 1.04 bits per heavy atom. The number of hydrogen-bond donors (Lipinski definition) is 1. The number of amides is 1. The SMILES string of the molecule is COC(=O)c1ccccc1NS(=O)(=O)c1ccc2c3c(cccc13)C(=O)N2C. The van der Waals surface area contributed by atoms with E-state index in [1.54, 1.807) is 43.4 Å². The molecule has 7 nitrogen and oxygen atoms in total. The number of carbonyl (C=O) groups excluding carboxylic acids is 2. The summed E-state index contributed by atoms with van der Waals surface area (Å²) >= 11 is 0. The molecule has 0 saturated heterocycles. The molecule has 4 rings (SSSR count). The first kappa shape index (κ1) is 18.0. The van der Waals surface area contributed by atoms with Crippen LogP contribution in [0.1, 0.15) is 20.7 Å². The van der Waals surface area contributed by atoms with Crippen LogP contribution in [0.15, 0.2) is 59.5 Å². The molecule has 28 heavy (non-hydrogen) atoms. The average molecular weight is 396 g/mol. The van der Waals surface area contributed by atoms with Crippen LogP contribution >= 0.6 is 0 Å². The lowest BCUT2D eigenvalue weighted by Gasteiger charge is -2.14. The maximum Gasteiger partial charge on any atom is 0.339 e. The predicted molar refractivity (Wildman–Crippen MR) is 105 cm³/mol. The van der Waals surface area contributed by atoms with E-state index in [1.165, 1.54) is 30.2 Å². The number of methoxy groups -OCH3 is 1. The molecule has 1 aliphatic heterocycles. The zero-order chi connectivity index (χ0) is 20.1. The summed E-state index contributed by atoms with van der Waals surface area (Å²) in [5.74, 6) is -0.829. The number of benzene rings is 3. The van der Waals surface area contributed by atoms with Crippen LogP contribution in [0.3, 0.4) is 0 Å². The summed E-state index contributed by atoms with van der Waals surface area (Å²) < 4.78 is 33.4. The van der Waals surface area contributed by atoms with Gasteiger partial charge in [-0.15, -0.1) is 0 Å². The lowest BCUT2D eigenvalue weighted by Crippen LogP contribution is -2.20. The van der Waals surface area contributed by atoms with Crippen LogP contribution in [0, 0.1) is 0 Å². The fourth-order valence-corrected chi connectivity index (χ4v) is 4.69. The molecule has 1 heterocycles. The molecule has 3 aromatic rings. The van der Waals surface area contributed by atoms with Crippen molar-refractivity contribution in [2.75, 3.05) is 23.8 Å². The third-order valence-corrected chi connectivity index (χ3v) is 6.16. The number of carbonyl (C=O) groups is 2. The van der Waals surface area contributed by atoms with Crippen molar-refractivity contribution in [3.63, 3.8) is 0 Å². The highest BCUT2D eigenvalue weighted by Crippen LogP contribution is 2.39. The zero-order valence-corrected chi connectivity index (χ0v) is 15.9. The third-order valence-electron chi connectivity index (χ3n) is 4.74. The van der Waals surface area contributed by atoms with Crippen molar-refractivity contribution in [3.05, 3.63) is 65.7 Å². The molecule has 0 fully saturated rings. The van der Waals surface area contributed by atoms with Crippen LogP contribution in [0.2, 0.25) is 0 Å². The maximum atomic E-state index is 13.1. The van der Waals surface area contributed by atoms with Gasteiger partial charge >= 0.3 is 5.97 Å². The lowest BCUT2D eigenvalue weighted by molar-refractivity contribution is 0.0602. The molecule has 0 spiro atoms. The smallest absolute Gasteiger partial charge is 0.339 e. The number of nitrogens with one attached hydrogen (secondary N) is 1. The Labute approximate surface area is 161 Å². The molecular formula is C20H16N2O5S. The molecule has 0 aliphatic carbocycles. The van der Waals surface area contributed by atoms with E-state index < -0.39 is 16.0 Å². The van der Waals surface area contributed by atoms with E-state index in [9.17, 15) is 18.0 Å². The molecular weight excluding hydrogens is 380 g/mol. The quantitative estimate of drug-likeness (QED) is 0.685. The second-order valence-electron chi connectivity index (χ2n) is 6.32. The molecule has 1 amide bonds. The minimum atomic E-state index is -4.03. The van der Waals surface area contributed by atoms with Gasteiger partial charge in [-0.1, -0.05) is 24.3 Å². The minimum Gasteiger partial charge on any atom is -0.465 e. The summed E-state index contributed by atoms with van der Waals surface area (Å²) in [6, 6.07) is 14.3. The summed E-state index contributed by atoms with van der Waals surface area (Å²) in [5.41, 5.74) is 1.34. The molecule has 1 N–H and O–H groups in total. The highest BCUT2D eigenvalue weighted by molar-refractivity contribution is 7.93. The topological polar surface area (TPSA) is 92.8 Å². The van der Waals surface area contributed by atoms with Crippen LogP contribution in [0.25, 0.3) is 10.8 Å². The summed E-state index contributed by atoms with van der Waals surface area (Å²) in [6.45, 7) is 0. The third kappa shape index (κ3) is 2.61. The Balaban J connectivity index is 1.86.